The quantitative estimate of drug-likeness (QED) is 0.276. The van der Waals surface area contributed by atoms with Crippen LogP contribution in [0.15, 0.2) is 35.4 Å². The first-order chi connectivity index (χ1) is 21.0. The molecule has 0 bridgehead atoms. The Balaban J connectivity index is 1.41. The van der Waals surface area contributed by atoms with E-state index < -0.39 is 17.6 Å². The lowest BCUT2D eigenvalue weighted by Gasteiger charge is -2.34. The number of fused-ring (bicyclic) bond motifs is 1. The molecule has 1 unspecified atom stereocenters. The highest BCUT2D eigenvalue weighted by molar-refractivity contribution is 6.34. The van der Waals surface area contributed by atoms with E-state index in [0.29, 0.717) is 48.3 Å². The lowest BCUT2D eigenvalue weighted by molar-refractivity contribution is -0.116. The summed E-state index contributed by atoms with van der Waals surface area (Å²) in [6, 6.07) is 4.61. The molecule has 1 aromatic carbocycles. The van der Waals surface area contributed by atoms with E-state index in [2.05, 4.69) is 15.2 Å². The summed E-state index contributed by atoms with van der Waals surface area (Å²) in [7, 11) is 1.63. The molecule has 13 nitrogen and oxygen atoms in total. The minimum Gasteiger partial charge on any atom is -0.506 e. The first-order valence-electron chi connectivity index (χ1n) is 14.0. The maximum atomic E-state index is 13.8. The maximum Gasteiger partial charge on any atom is 0.264 e. The number of hydrogen-bond donors (Lipinski definition) is 3. The molecule has 2 aliphatic heterocycles. The van der Waals surface area contributed by atoms with Gasteiger partial charge in [-0.2, -0.15) is 4.98 Å². The molecule has 2 amide bonds. The van der Waals surface area contributed by atoms with Crippen LogP contribution < -0.4 is 26.4 Å². The SMILES string of the molecule is CC1COCCN1c1cc(NC(=O)Cn2cc(-c3cc(Cl)c(O)c(C(N)=O)c3)c3c(=O)n(C)c(N4CCC4)nc32)c(Cl)cn1. The van der Waals surface area contributed by atoms with Crippen molar-refractivity contribution in [3.05, 3.63) is 56.6 Å². The number of phenols is 1. The summed E-state index contributed by atoms with van der Waals surface area (Å²) >= 11 is 12.7. The van der Waals surface area contributed by atoms with E-state index in [9.17, 15) is 19.5 Å². The number of morpholine rings is 1. The van der Waals surface area contributed by atoms with Gasteiger partial charge in [-0.05, 0) is 31.0 Å². The Bertz CT molecular complexity index is 1870. The smallest absolute Gasteiger partial charge is 0.264 e. The van der Waals surface area contributed by atoms with Crippen LogP contribution in [0, 0.1) is 0 Å². The minimum atomic E-state index is -0.888. The Morgan fingerprint density at radius 1 is 1.18 bits per heavy atom. The predicted octanol–water partition coefficient (Wildman–Crippen LogP) is 2.98. The normalized spacial score (nSPS) is 16.7. The molecule has 230 valence electrons. The number of amides is 2. The number of carbonyl (C=O) groups is 2. The molecule has 4 N–H and O–H groups in total. The summed E-state index contributed by atoms with van der Waals surface area (Å²) in [5.41, 5.74) is 6.29. The van der Waals surface area contributed by atoms with Crippen LogP contribution in [-0.4, -0.2) is 74.9 Å². The Morgan fingerprint density at radius 3 is 2.64 bits per heavy atom. The number of benzene rings is 1. The molecular weight excluding hydrogens is 611 g/mol. The monoisotopic (exact) mass is 640 g/mol. The molecule has 5 heterocycles. The van der Waals surface area contributed by atoms with Crippen LogP contribution >= 0.6 is 23.2 Å². The highest BCUT2D eigenvalue weighted by atomic mass is 35.5. The molecule has 3 aromatic heterocycles. The number of nitrogens with one attached hydrogen (secondary N) is 1. The van der Waals surface area contributed by atoms with E-state index in [-0.39, 0.29) is 44.8 Å². The van der Waals surface area contributed by atoms with Gasteiger partial charge in [0.1, 0.15) is 18.1 Å². The summed E-state index contributed by atoms with van der Waals surface area (Å²) in [5.74, 6) is -0.633. The molecule has 0 saturated carbocycles. The van der Waals surface area contributed by atoms with Crippen LogP contribution in [-0.2, 0) is 23.1 Å². The number of nitrogens with zero attached hydrogens (tertiary/aromatic N) is 6. The van der Waals surface area contributed by atoms with Gasteiger partial charge in [0.15, 0.2) is 5.65 Å². The van der Waals surface area contributed by atoms with E-state index in [0.717, 1.165) is 19.5 Å². The first kappa shape index (κ1) is 29.7. The number of rotatable bonds is 7. The number of primary amides is 1. The van der Waals surface area contributed by atoms with Crippen LogP contribution in [0.1, 0.15) is 23.7 Å². The van der Waals surface area contributed by atoms with E-state index in [1.807, 2.05) is 11.8 Å². The third-order valence-corrected chi connectivity index (χ3v) is 8.53. The number of halogens is 2. The largest absolute Gasteiger partial charge is 0.506 e. The van der Waals surface area contributed by atoms with Crippen molar-refractivity contribution in [2.24, 2.45) is 12.8 Å². The molecule has 2 saturated heterocycles. The fraction of sp³-hybridized carbons (Fsp3) is 0.345. The van der Waals surface area contributed by atoms with Crippen LogP contribution in [0.3, 0.4) is 0 Å². The topological polar surface area (TPSA) is 161 Å². The van der Waals surface area contributed by atoms with Gasteiger partial charge in [0.05, 0.1) is 52.1 Å². The highest BCUT2D eigenvalue weighted by Crippen LogP contribution is 2.37. The average Bonchev–Trinajstić information content (AvgIpc) is 3.31. The molecule has 1 atom stereocenters. The summed E-state index contributed by atoms with van der Waals surface area (Å²) in [5, 5.41) is 13.5. The molecule has 15 heteroatoms. The number of pyridine rings is 1. The summed E-state index contributed by atoms with van der Waals surface area (Å²) in [6.45, 7) is 5.10. The molecule has 0 aliphatic carbocycles. The van der Waals surface area contributed by atoms with E-state index in [1.165, 1.54) is 22.9 Å². The zero-order valence-electron chi connectivity index (χ0n) is 24.0. The number of aromatic hydroxyl groups is 1. The Morgan fingerprint density at radius 2 is 1.95 bits per heavy atom. The van der Waals surface area contributed by atoms with Crippen molar-refractivity contribution in [2.45, 2.75) is 25.9 Å². The molecule has 6 rings (SSSR count). The van der Waals surface area contributed by atoms with Crippen molar-refractivity contribution in [1.29, 1.82) is 0 Å². The van der Waals surface area contributed by atoms with Crippen LogP contribution in [0.2, 0.25) is 10.0 Å². The molecular formula is C29H30Cl2N8O5. The Kier molecular flexibility index (Phi) is 7.86. The van der Waals surface area contributed by atoms with Crippen LogP contribution in [0.5, 0.6) is 5.75 Å². The average molecular weight is 642 g/mol. The zero-order valence-corrected chi connectivity index (χ0v) is 25.5. The van der Waals surface area contributed by atoms with Gasteiger partial charge in [0.2, 0.25) is 11.9 Å². The van der Waals surface area contributed by atoms with Gasteiger partial charge >= 0.3 is 0 Å². The molecule has 4 aromatic rings. The van der Waals surface area contributed by atoms with Crippen molar-refractivity contribution in [3.8, 4) is 16.9 Å². The number of nitrogens with two attached hydrogens (primary N) is 1. The van der Waals surface area contributed by atoms with E-state index in [1.54, 1.807) is 23.9 Å². The number of anilines is 3. The summed E-state index contributed by atoms with van der Waals surface area (Å²) < 4.78 is 8.54. The third-order valence-electron chi connectivity index (χ3n) is 7.94. The van der Waals surface area contributed by atoms with Gasteiger partial charge in [0, 0.05) is 44.5 Å². The molecule has 2 aliphatic rings. The number of ether oxygens (including phenoxy) is 1. The van der Waals surface area contributed by atoms with Crippen molar-refractivity contribution in [1.82, 2.24) is 19.1 Å². The standard InChI is InChI=1S/C29H30Cl2N8O5/c1-15-14-44-7-6-39(15)22-10-21(20(31)11-33-22)34-23(40)13-38-12-18(16-8-17(26(32)42)25(41)19(30)9-16)24-27(38)35-29(36(2)28(24)43)37-4-3-5-37/h8-12,15,41H,3-7,13-14H2,1-2H3,(H2,32,42)(H,33,34,40). The van der Waals surface area contributed by atoms with Gasteiger partial charge in [-0.15, -0.1) is 0 Å². The molecule has 0 spiro atoms. The van der Waals surface area contributed by atoms with Crippen LogP contribution in [0.25, 0.3) is 22.2 Å². The lowest BCUT2D eigenvalue weighted by atomic mass is 10.0. The predicted molar refractivity (Wildman–Crippen MR) is 168 cm³/mol. The molecule has 0 radical (unpaired) electrons. The fourth-order valence-corrected chi connectivity index (χ4v) is 5.85. The van der Waals surface area contributed by atoms with Crippen molar-refractivity contribution in [3.63, 3.8) is 0 Å². The van der Waals surface area contributed by atoms with E-state index in [4.69, 9.17) is 38.7 Å². The highest BCUT2D eigenvalue weighted by Gasteiger charge is 2.26. The zero-order chi connectivity index (χ0) is 31.3. The van der Waals surface area contributed by atoms with Gasteiger partial charge < -0.3 is 35.3 Å². The first-order valence-corrected chi connectivity index (χ1v) is 14.8. The fourth-order valence-electron chi connectivity index (χ4n) is 5.48. The van der Waals surface area contributed by atoms with Gasteiger partial charge in [0.25, 0.3) is 11.5 Å². The Hall–Kier alpha value is -4.33. The molecule has 44 heavy (non-hydrogen) atoms. The second-order valence-electron chi connectivity index (χ2n) is 10.9. The van der Waals surface area contributed by atoms with Gasteiger partial charge in [-0.25, -0.2) is 4.98 Å². The van der Waals surface area contributed by atoms with Gasteiger partial charge in [-0.1, -0.05) is 23.2 Å². The van der Waals surface area contributed by atoms with Crippen LogP contribution in [0.4, 0.5) is 17.5 Å². The van der Waals surface area contributed by atoms with E-state index >= 15 is 0 Å². The van der Waals surface area contributed by atoms with Crippen molar-refractivity contribution >= 4 is 63.5 Å². The Labute approximate surface area is 261 Å². The number of carbonyl (C=O) groups excluding carboxylic acids is 2. The number of aromatic nitrogens is 4. The maximum absolute atomic E-state index is 13.8. The summed E-state index contributed by atoms with van der Waals surface area (Å²) in [6.07, 6.45) is 4.07. The van der Waals surface area contributed by atoms with Gasteiger partial charge in [-0.3, -0.25) is 19.0 Å². The second kappa shape index (κ2) is 11.6. The number of hydrogen-bond acceptors (Lipinski definition) is 9. The summed E-state index contributed by atoms with van der Waals surface area (Å²) in [4.78, 5) is 52.6. The molecule has 2 fully saturated rings. The van der Waals surface area contributed by atoms with Crippen molar-refractivity contribution in [2.75, 3.05) is 48.0 Å². The van der Waals surface area contributed by atoms with Crippen molar-refractivity contribution < 1.29 is 19.4 Å². The third kappa shape index (κ3) is 5.31. The minimum absolute atomic E-state index is 0.100. The second-order valence-corrected chi connectivity index (χ2v) is 11.7. The lowest BCUT2D eigenvalue weighted by Crippen LogP contribution is -2.44.